The lowest BCUT2D eigenvalue weighted by atomic mass is 10.0. The molecule has 0 saturated heterocycles. The number of carbonyl (C=O) groups excluding carboxylic acids is 1. The van der Waals surface area contributed by atoms with Gasteiger partial charge in [0.2, 0.25) is 5.91 Å². The summed E-state index contributed by atoms with van der Waals surface area (Å²) < 4.78 is 10.1. The maximum atomic E-state index is 11.1. The van der Waals surface area contributed by atoms with Crippen molar-refractivity contribution < 1.29 is 19.2 Å². The van der Waals surface area contributed by atoms with Gasteiger partial charge >= 0.3 is 0 Å². The lowest BCUT2D eigenvalue weighted by molar-refractivity contribution is -0.385. The Morgan fingerprint density at radius 3 is 2.10 bits per heavy atom. The zero-order valence-corrected chi connectivity index (χ0v) is 13.2. The number of carbonyl (C=O) groups is 1. The van der Waals surface area contributed by atoms with Crippen LogP contribution in [0, 0.1) is 10.1 Å². The molecule has 1 amide bonds. The molecule has 1 unspecified atom stereocenters. The van der Waals surface area contributed by atoms with Crippen LogP contribution in [0.25, 0.3) is 0 Å². The van der Waals surface area contributed by atoms with E-state index in [1.807, 2.05) is 13.8 Å². The molecule has 118 valence electrons. The highest BCUT2D eigenvalue weighted by atomic mass is 16.6. The highest BCUT2D eigenvalue weighted by Crippen LogP contribution is 2.37. The Morgan fingerprint density at radius 1 is 1.24 bits per heavy atom. The molecule has 1 aromatic carbocycles. The van der Waals surface area contributed by atoms with Crippen LogP contribution in [-0.2, 0) is 4.79 Å². The Labute approximate surface area is 124 Å². The number of amides is 1. The summed E-state index contributed by atoms with van der Waals surface area (Å²) in [6.07, 6.45) is 0. The van der Waals surface area contributed by atoms with Crippen LogP contribution < -0.4 is 14.8 Å². The molecule has 0 radical (unpaired) electrons. The molecular formula is C14H22N2O5. The molecule has 0 aliphatic rings. The Kier molecular flexibility index (Phi) is 7.81. The van der Waals surface area contributed by atoms with Crippen molar-refractivity contribution in [1.82, 2.24) is 5.32 Å². The number of benzene rings is 1. The lowest BCUT2D eigenvalue weighted by Gasteiger charge is -2.16. The summed E-state index contributed by atoms with van der Waals surface area (Å²) in [6.45, 7) is 7.01. The van der Waals surface area contributed by atoms with Gasteiger partial charge in [-0.15, -0.1) is 0 Å². The highest BCUT2D eigenvalue weighted by Gasteiger charge is 2.23. The number of rotatable bonds is 5. The molecule has 0 spiro atoms. The van der Waals surface area contributed by atoms with E-state index in [4.69, 9.17) is 9.47 Å². The molecule has 7 heteroatoms. The van der Waals surface area contributed by atoms with Crippen molar-refractivity contribution in [2.45, 2.75) is 33.7 Å². The topological polar surface area (TPSA) is 90.7 Å². The maximum Gasteiger partial charge on any atom is 0.278 e. The molecule has 1 atom stereocenters. The number of nitro groups is 1. The van der Waals surface area contributed by atoms with Gasteiger partial charge in [-0.3, -0.25) is 14.9 Å². The van der Waals surface area contributed by atoms with Gasteiger partial charge in [0.25, 0.3) is 5.69 Å². The van der Waals surface area contributed by atoms with Crippen molar-refractivity contribution >= 4 is 11.6 Å². The molecule has 0 aliphatic heterocycles. The molecule has 0 bridgehead atoms. The fraction of sp³-hybridized carbons (Fsp3) is 0.500. The molecule has 0 aliphatic carbocycles. The van der Waals surface area contributed by atoms with E-state index in [2.05, 4.69) is 5.32 Å². The van der Waals surface area contributed by atoms with Crippen molar-refractivity contribution in [3.05, 3.63) is 27.8 Å². The summed E-state index contributed by atoms with van der Waals surface area (Å²) in [7, 11) is 2.84. The fourth-order valence-electron chi connectivity index (χ4n) is 1.77. The summed E-state index contributed by atoms with van der Waals surface area (Å²) >= 11 is 0. The molecule has 0 heterocycles. The number of nitro benzene ring substituents is 1. The molecule has 0 saturated carbocycles. The summed E-state index contributed by atoms with van der Waals surface area (Å²) in [5.74, 6) is 0.379. The molecule has 21 heavy (non-hydrogen) atoms. The zero-order valence-electron chi connectivity index (χ0n) is 13.2. The summed E-state index contributed by atoms with van der Waals surface area (Å²) in [5.41, 5.74) is 0.233. The van der Waals surface area contributed by atoms with E-state index >= 15 is 0 Å². The number of hydrogen-bond donors (Lipinski definition) is 1. The van der Waals surface area contributed by atoms with Gasteiger partial charge in [0.15, 0.2) is 11.5 Å². The first-order valence-electron chi connectivity index (χ1n) is 6.58. The van der Waals surface area contributed by atoms with E-state index in [0.717, 1.165) is 0 Å². The van der Waals surface area contributed by atoms with Gasteiger partial charge in [0, 0.05) is 6.92 Å². The molecule has 0 fully saturated rings. The second-order valence-corrected chi connectivity index (χ2v) is 3.95. The first-order chi connectivity index (χ1) is 9.90. The van der Waals surface area contributed by atoms with E-state index in [1.165, 1.54) is 33.3 Å². The smallest absolute Gasteiger partial charge is 0.278 e. The zero-order chi connectivity index (χ0) is 16.6. The number of hydrogen-bond acceptors (Lipinski definition) is 5. The van der Waals surface area contributed by atoms with Crippen molar-refractivity contribution in [3.63, 3.8) is 0 Å². The van der Waals surface area contributed by atoms with Crippen LogP contribution in [-0.4, -0.2) is 25.1 Å². The van der Waals surface area contributed by atoms with Crippen LogP contribution >= 0.6 is 0 Å². The van der Waals surface area contributed by atoms with Crippen molar-refractivity contribution in [2.75, 3.05) is 14.2 Å². The van der Waals surface area contributed by atoms with E-state index in [0.29, 0.717) is 11.3 Å². The van der Waals surface area contributed by atoms with Crippen LogP contribution in [0.2, 0.25) is 0 Å². The van der Waals surface area contributed by atoms with E-state index in [-0.39, 0.29) is 17.3 Å². The Bertz CT molecular complexity index is 502. The number of methoxy groups -OCH3 is 2. The van der Waals surface area contributed by atoms with Gasteiger partial charge in [-0.2, -0.15) is 0 Å². The SMILES string of the molecule is CC.COc1cc(C(C)NC(C)=O)c([N+](=O)[O-])cc1OC. The third-order valence-electron chi connectivity index (χ3n) is 2.62. The van der Waals surface area contributed by atoms with Crippen molar-refractivity contribution in [2.24, 2.45) is 0 Å². The van der Waals surface area contributed by atoms with Gasteiger partial charge in [-0.05, 0) is 13.0 Å². The van der Waals surface area contributed by atoms with Crippen LogP contribution in [0.4, 0.5) is 5.69 Å². The summed E-state index contributed by atoms with van der Waals surface area (Å²) in [6, 6.07) is 2.28. The minimum Gasteiger partial charge on any atom is -0.493 e. The molecule has 7 nitrogen and oxygen atoms in total. The molecule has 1 rings (SSSR count). The van der Waals surface area contributed by atoms with Gasteiger partial charge < -0.3 is 14.8 Å². The van der Waals surface area contributed by atoms with Crippen LogP contribution in [0.15, 0.2) is 12.1 Å². The Hall–Kier alpha value is -2.31. The molecular weight excluding hydrogens is 276 g/mol. The average molecular weight is 298 g/mol. The van der Waals surface area contributed by atoms with Gasteiger partial charge in [-0.25, -0.2) is 0 Å². The normalized spacial score (nSPS) is 10.8. The second kappa shape index (κ2) is 8.78. The predicted octanol–water partition coefficient (Wildman–Crippen LogP) is 2.84. The first-order valence-corrected chi connectivity index (χ1v) is 6.58. The van der Waals surface area contributed by atoms with Crippen LogP contribution in [0.5, 0.6) is 11.5 Å². The Morgan fingerprint density at radius 2 is 1.71 bits per heavy atom. The fourth-order valence-corrected chi connectivity index (χ4v) is 1.77. The third-order valence-corrected chi connectivity index (χ3v) is 2.62. The maximum absolute atomic E-state index is 11.1. The summed E-state index contributed by atoms with van der Waals surface area (Å²) in [5, 5.41) is 13.7. The van der Waals surface area contributed by atoms with Gasteiger partial charge in [-0.1, -0.05) is 13.8 Å². The van der Waals surface area contributed by atoms with Crippen molar-refractivity contribution in [1.29, 1.82) is 0 Å². The lowest BCUT2D eigenvalue weighted by Crippen LogP contribution is -2.24. The van der Waals surface area contributed by atoms with Gasteiger partial charge in [0.05, 0.1) is 36.8 Å². The third kappa shape index (κ3) is 4.94. The van der Waals surface area contributed by atoms with E-state index < -0.39 is 11.0 Å². The quantitative estimate of drug-likeness (QED) is 0.666. The predicted molar refractivity (Wildman–Crippen MR) is 79.8 cm³/mol. The number of ether oxygens (including phenoxy) is 2. The highest BCUT2D eigenvalue weighted by molar-refractivity contribution is 5.73. The van der Waals surface area contributed by atoms with Crippen molar-refractivity contribution in [3.8, 4) is 11.5 Å². The second-order valence-electron chi connectivity index (χ2n) is 3.95. The minimum absolute atomic E-state index is 0.126. The van der Waals surface area contributed by atoms with Crippen LogP contribution in [0.1, 0.15) is 39.3 Å². The number of nitrogens with one attached hydrogen (secondary N) is 1. The largest absolute Gasteiger partial charge is 0.493 e. The van der Waals surface area contributed by atoms with Gasteiger partial charge in [0.1, 0.15) is 0 Å². The average Bonchev–Trinajstić information content (AvgIpc) is 2.46. The molecule has 1 aromatic rings. The standard InChI is InChI=1S/C12H16N2O5.C2H6/c1-7(13-8(2)15)9-5-11(18-3)12(19-4)6-10(9)14(16)17;1-2/h5-7H,1-4H3,(H,13,15);1-2H3. The van der Waals surface area contributed by atoms with Crippen LogP contribution in [0.3, 0.4) is 0 Å². The van der Waals surface area contributed by atoms with E-state index in [9.17, 15) is 14.9 Å². The Balaban J connectivity index is 0.00000191. The monoisotopic (exact) mass is 298 g/mol. The molecule has 1 N–H and O–H groups in total. The number of nitrogens with zero attached hydrogens (tertiary/aromatic N) is 1. The first kappa shape index (κ1) is 18.7. The summed E-state index contributed by atoms with van der Waals surface area (Å²) in [4.78, 5) is 21.6. The minimum atomic E-state index is -0.518. The van der Waals surface area contributed by atoms with E-state index in [1.54, 1.807) is 6.92 Å². The molecule has 0 aromatic heterocycles.